The van der Waals surface area contributed by atoms with E-state index in [4.69, 9.17) is 8.23 Å². The molecule has 7 heteroatoms. The lowest BCUT2D eigenvalue weighted by Gasteiger charge is -2.37. The van der Waals surface area contributed by atoms with Gasteiger partial charge in [0.2, 0.25) is 0 Å². The van der Waals surface area contributed by atoms with Gasteiger partial charge in [0.05, 0.1) is 0 Å². The van der Waals surface area contributed by atoms with Crippen LogP contribution in [0.5, 0.6) is 0 Å². The fourth-order valence-corrected chi connectivity index (χ4v) is 15.3. The standard InChI is InChI=1S/C11H33NO2Si4/c1-15-11-9-10-12-17(5,6)14-18(7,8)13-16(2,3)4/h12H,9-11,15H2,1-8H3. The Kier molecular flexibility index (Phi) is 7.82. The molecule has 1 N–H and O–H groups in total. The Morgan fingerprint density at radius 1 is 0.944 bits per heavy atom. The third kappa shape index (κ3) is 10.7. The van der Waals surface area contributed by atoms with E-state index >= 15 is 0 Å². The van der Waals surface area contributed by atoms with Crippen molar-refractivity contribution >= 4 is 34.9 Å². The molecule has 0 fully saturated rings. The lowest BCUT2D eigenvalue weighted by Crippen LogP contribution is -2.58. The van der Waals surface area contributed by atoms with Gasteiger partial charge in [-0.05, 0) is 58.8 Å². The minimum Gasteiger partial charge on any atom is -0.437 e. The van der Waals surface area contributed by atoms with E-state index in [1.165, 1.54) is 12.5 Å². The van der Waals surface area contributed by atoms with Crippen molar-refractivity contribution in [3.8, 4) is 0 Å². The smallest absolute Gasteiger partial charge is 0.312 e. The predicted octanol–water partition coefficient (Wildman–Crippen LogP) is 2.87. The molecule has 0 radical (unpaired) electrons. The van der Waals surface area contributed by atoms with Crippen molar-refractivity contribution in [1.29, 1.82) is 0 Å². The maximum absolute atomic E-state index is 6.37. The van der Waals surface area contributed by atoms with E-state index in [9.17, 15) is 0 Å². The maximum Gasteiger partial charge on any atom is 0.312 e. The molecule has 0 aromatic carbocycles. The van der Waals surface area contributed by atoms with Crippen molar-refractivity contribution in [1.82, 2.24) is 4.98 Å². The molecule has 0 bridgehead atoms. The second kappa shape index (κ2) is 7.51. The first-order valence-electron chi connectivity index (χ1n) is 7.13. The molecule has 0 unspecified atom stereocenters. The zero-order chi connectivity index (χ0) is 14.4. The molecular formula is C11H33NO2Si4. The van der Waals surface area contributed by atoms with Crippen LogP contribution in [-0.4, -0.2) is 41.4 Å². The van der Waals surface area contributed by atoms with Gasteiger partial charge in [-0.3, -0.25) is 0 Å². The summed E-state index contributed by atoms with van der Waals surface area (Å²) in [6.45, 7) is 19.0. The molecule has 0 aliphatic heterocycles. The first-order chi connectivity index (χ1) is 7.97. The number of nitrogens with one attached hydrogen (secondary N) is 1. The molecule has 0 saturated carbocycles. The van der Waals surface area contributed by atoms with Gasteiger partial charge in [-0.1, -0.05) is 12.6 Å². The van der Waals surface area contributed by atoms with Crippen molar-refractivity contribution in [2.45, 2.75) is 64.8 Å². The number of hydrogen-bond acceptors (Lipinski definition) is 3. The maximum atomic E-state index is 6.37. The van der Waals surface area contributed by atoms with E-state index in [-0.39, 0.29) is 9.52 Å². The second-order valence-electron chi connectivity index (χ2n) is 6.86. The average Bonchev–Trinajstić information content (AvgIpc) is 2.06. The Hall–Kier alpha value is 0.748. The fourth-order valence-electron chi connectivity index (χ4n) is 2.17. The Morgan fingerprint density at radius 3 is 1.94 bits per heavy atom. The fraction of sp³-hybridized carbons (Fsp3) is 1.00. The third-order valence-electron chi connectivity index (χ3n) is 2.38. The molecule has 0 aromatic rings. The van der Waals surface area contributed by atoms with E-state index in [0.29, 0.717) is 0 Å². The largest absolute Gasteiger partial charge is 0.437 e. The third-order valence-corrected chi connectivity index (χ3v) is 13.1. The van der Waals surface area contributed by atoms with Gasteiger partial charge in [0.15, 0.2) is 8.32 Å². The molecule has 0 aliphatic rings. The van der Waals surface area contributed by atoms with Crippen LogP contribution in [0.2, 0.25) is 58.4 Å². The number of hydrogen-bond donors (Lipinski definition) is 1. The summed E-state index contributed by atoms with van der Waals surface area (Å²) in [5, 5.41) is 0. The van der Waals surface area contributed by atoms with Gasteiger partial charge in [0.1, 0.15) is 0 Å². The van der Waals surface area contributed by atoms with Crippen molar-refractivity contribution in [2.75, 3.05) is 6.54 Å². The van der Waals surface area contributed by atoms with E-state index < -0.39 is 25.4 Å². The van der Waals surface area contributed by atoms with Gasteiger partial charge in [0.25, 0.3) is 8.48 Å². The molecule has 0 heterocycles. The van der Waals surface area contributed by atoms with Crippen molar-refractivity contribution in [2.24, 2.45) is 0 Å². The second-order valence-corrected chi connectivity index (χ2v) is 20.6. The highest BCUT2D eigenvalue weighted by atomic mass is 28.5. The van der Waals surface area contributed by atoms with Gasteiger partial charge in [-0.25, -0.2) is 0 Å². The molecule has 0 amide bonds. The molecule has 0 atom stereocenters. The highest BCUT2D eigenvalue weighted by Gasteiger charge is 2.37. The lowest BCUT2D eigenvalue weighted by atomic mass is 10.5. The first-order valence-corrected chi connectivity index (χ1v) is 18.7. The summed E-state index contributed by atoms with van der Waals surface area (Å²) in [5.74, 6) is 0. The monoisotopic (exact) mass is 323 g/mol. The van der Waals surface area contributed by atoms with Crippen LogP contribution in [0, 0.1) is 0 Å². The van der Waals surface area contributed by atoms with E-state index in [1.807, 2.05) is 0 Å². The summed E-state index contributed by atoms with van der Waals surface area (Å²) in [6.07, 6.45) is 1.30. The SMILES string of the molecule is C[SiH2]CCCN[Si](C)(C)O[Si](C)(C)O[Si](C)(C)C. The van der Waals surface area contributed by atoms with Crippen LogP contribution in [0.3, 0.4) is 0 Å². The zero-order valence-corrected chi connectivity index (χ0v) is 18.1. The molecule has 0 aliphatic carbocycles. The minimum absolute atomic E-state index is 0.217. The number of rotatable bonds is 9. The van der Waals surface area contributed by atoms with Crippen LogP contribution < -0.4 is 4.98 Å². The Bertz CT molecular complexity index is 242. The molecule has 110 valence electrons. The van der Waals surface area contributed by atoms with E-state index in [1.54, 1.807) is 0 Å². The first kappa shape index (κ1) is 18.7. The topological polar surface area (TPSA) is 30.5 Å². The van der Waals surface area contributed by atoms with Crippen LogP contribution in [-0.2, 0) is 8.23 Å². The van der Waals surface area contributed by atoms with Crippen molar-refractivity contribution < 1.29 is 8.23 Å². The van der Waals surface area contributed by atoms with Gasteiger partial charge in [-0.2, -0.15) is 0 Å². The molecule has 0 rings (SSSR count). The quantitative estimate of drug-likeness (QED) is 0.523. The molecule has 18 heavy (non-hydrogen) atoms. The van der Waals surface area contributed by atoms with Gasteiger partial charge in [0, 0.05) is 9.52 Å². The summed E-state index contributed by atoms with van der Waals surface area (Å²) in [5.41, 5.74) is 0. The van der Waals surface area contributed by atoms with Crippen LogP contribution >= 0.6 is 0 Å². The Morgan fingerprint density at radius 2 is 1.50 bits per heavy atom. The minimum atomic E-state index is -1.97. The molecular weight excluding hydrogens is 290 g/mol. The van der Waals surface area contributed by atoms with E-state index in [0.717, 1.165) is 6.54 Å². The van der Waals surface area contributed by atoms with Crippen LogP contribution in [0.4, 0.5) is 0 Å². The van der Waals surface area contributed by atoms with Crippen LogP contribution in [0.1, 0.15) is 6.42 Å². The van der Waals surface area contributed by atoms with Crippen LogP contribution in [0.15, 0.2) is 0 Å². The molecule has 0 saturated heterocycles. The van der Waals surface area contributed by atoms with Crippen molar-refractivity contribution in [3.05, 3.63) is 0 Å². The highest BCUT2D eigenvalue weighted by Crippen LogP contribution is 2.19. The summed E-state index contributed by atoms with van der Waals surface area (Å²) in [4.78, 5) is 3.64. The Balaban J connectivity index is 4.20. The normalized spacial score (nSPS) is 14.7. The van der Waals surface area contributed by atoms with Gasteiger partial charge in [-0.15, -0.1) is 0 Å². The van der Waals surface area contributed by atoms with Gasteiger partial charge >= 0.3 is 8.56 Å². The summed E-state index contributed by atoms with van der Waals surface area (Å²) < 4.78 is 12.6. The van der Waals surface area contributed by atoms with Gasteiger partial charge < -0.3 is 13.2 Å². The predicted molar refractivity (Wildman–Crippen MR) is 92.3 cm³/mol. The molecule has 3 nitrogen and oxygen atoms in total. The average molecular weight is 324 g/mol. The summed E-state index contributed by atoms with van der Waals surface area (Å²) >= 11 is 0. The lowest BCUT2D eigenvalue weighted by molar-refractivity contribution is 0.385. The van der Waals surface area contributed by atoms with E-state index in [2.05, 4.69) is 57.4 Å². The van der Waals surface area contributed by atoms with Crippen molar-refractivity contribution in [3.63, 3.8) is 0 Å². The summed E-state index contributed by atoms with van der Waals surface area (Å²) in [6, 6.07) is 1.43. The molecule has 0 aromatic heterocycles. The zero-order valence-electron chi connectivity index (χ0n) is 13.6. The van der Waals surface area contributed by atoms with Crippen LogP contribution in [0.25, 0.3) is 0 Å². The molecule has 0 spiro atoms. The Labute approximate surface area is 119 Å². The summed E-state index contributed by atoms with van der Waals surface area (Å²) in [7, 11) is -5.02. The highest BCUT2D eigenvalue weighted by molar-refractivity contribution is 6.86.